The lowest BCUT2D eigenvalue weighted by molar-refractivity contribution is 0.414. The third-order valence-electron chi connectivity index (χ3n) is 1.64. The van der Waals surface area contributed by atoms with Crippen LogP contribution in [0.1, 0.15) is 0 Å². The van der Waals surface area contributed by atoms with Gasteiger partial charge in [0.1, 0.15) is 5.75 Å². The van der Waals surface area contributed by atoms with Crippen molar-refractivity contribution in [3.05, 3.63) is 22.7 Å². The van der Waals surface area contributed by atoms with E-state index in [4.69, 9.17) is 4.74 Å². The van der Waals surface area contributed by atoms with Gasteiger partial charge in [-0.15, -0.1) is 0 Å². The molecule has 0 atom stereocenters. The molecule has 0 saturated carbocycles. The first kappa shape index (κ1) is 9.39. The number of rotatable bonds is 2. The van der Waals surface area contributed by atoms with E-state index in [1.807, 2.05) is 37.2 Å². The monoisotopic (exact) mass is 229 g/mol. The lowest BCUT2D eigenvalue weighted by atomic mass is 10.3. The molecule has 2 nitrogen and oxygen atoms in total. The number of benzene rings is 1. The molecule has 0 saturated heterocycles. The Morgan fingerprint density at radius 2 is 2.00 bits per heavy atom. The Morgan fingerprint density at radius 1 is 1.33 bits per heavy atom. The highest BCUT2D eigenvalue weighted by molar-refractivity contribution is 9.10. The van der Waals surface area contributed by atoms with Gasteiger partial charge in [0.2, 0.25) is 0 Å². The van der Waals surface area contributed by atoms with Crippen molar-refractivity contribution in [2.75, 3.05) is 26.1 Å². The fourth-order valence-electron chi connectivity index (χ4n) is 0.977. The summed E-state index contributed by atoms with van der Waals surface area (Å²) in [5, 5.41) is 0. The van der Waals surface area contributed by atoms with Gasteiger partial charge in [0.15, 0.2) is 0 Å². The van der Waals surface area contributed by atoms with Crippen LogP contribution in [0.3, 0.4) is 0 Å². The molecule has 1 aromatic carbocycles. The summed E-state index contributed by atoms with van der Waals surface area (Å²) in [5.41, 5.74) is 1.15. The van der Waals surface area contributed by atoms with Crippen molar-refractivity contribution >= 4 is 21.6 Å². The summed E-state index contributed by atoms with van der Waals surface area (Å²) in [6, 6.07) is 5.92. The highest BCUT2D eigenvalue weighted by Gasteiger charge is 2.02. The first-order valence-corrected chi connectivity index (χ1v) is 4.45. The number of halogens is 1. The molecule has 0 bridgehead atoms. The maximum Gasteiger partial charge on any atom is 0.120 e. The molecule has 66 valence electrons. The third kappa shape index (κ3) is 1.91. The molecule has 0 aliphatic carbocycles. The van der Waals surface area contributed by atoms with Gasteiger partial charge in [-0.2, -0.15) is 0 Å². The summed E-state index contributed by atoms with van der Waals surface area (Å²) in [5.74, 6) is 0.868. The van der Waals surface area contributed by atoms with Gasteiger partial charge in [-0.3, -0.25) is 0 Å². The van der Waals surface area contributed by atoms with Crippen LogP contribution in [0, 0.1) is 0 Å². The van der Waals surface area contributed by atoms with Crippen molar-refractivity contribution in [2.45, 2.75) is 0 Å². The third-order valence-corrected chi connectivity index (χ3v) is 2.27. The minimum atomic E-state index is 0.868. The highest BCUT2D eigenvalue weighted by atomic mass is 79.9. The maximum atomic E-state index is 5.08. The molecule has 0 amide bonds. The lowest BCUT2D eigenvalue weighted by Gasteiger charge is -2.14. The van der Waals surface area contributed by atoms with E-state index in [0.717, 1.165) is 15.9 Å². The van der Waals surface area contributed by atoms with Gasteiger partial charge in [0.25, 0.3) is 0 Å². The Bertz CT molecular complexity index is 273. The molecule has 1 rings (SSSR count). The van der Waals surface area contributed by atoms with Crippen molar-refractivity contribution in [2.24, 2.45) is 0 Å². The largest absolute Gasteiger partial charge is 0.497 e. The first-order valence-electron chi connectivity index (χ1n) is 3.66. The zero-order valence-corrected chi connectivity index (χ0v) is 9.05. The molecule has 12 heavy (non-hydrogen) atoms. The summed E-state index contributed by atoms with van der Waals surface area (Å²) in [4.78, 5) is 2.05. The molecule has 3 heteroatoms. The SMILES string of the molecule is COc1ccc(N(C)C)c(Br)c1. The molecule has 1 aromatic rings. The summed E-state index contributed by atoms with van der Waals surface area (Å²) in [6.45, 7) is 0. The molecule has 0 aliphatic heterocycles. The van der Waals surface area contributed by atoms with Crippen molar-refractivity contribution in [1.82, 2.24) is 0 Å². The Kier molecular flexibility index (Phi) is 2.98. The van der Waals surface area contributed by atoms with E-state index in [-0.39, 0.29) is 0 Å². The van der Waals surface area contributed by atoms with Crippen LogP contribution in [0.15, 0.2) is 22.7 Å². The van der Waals surface area contributed by atoms with Crippen molar-refractivity contribution < 1.29 is 4.74 Å². The number of ether oxygens (including phenoxy) is 1. The second-order valence-electron chi connectivity index (χ2n) is 2.71. The Morgan fingerprint density at radius 3 is 2.42 bits per heavy atom. The van der Waals surface area contributed by atoms with Gasteiger partial charge in [-0.05, 0) is 34.1 Å². The number of nitrogens with zero attached hydrogens (tertiary/aromatic N) is 1. The Hall–Kier alpha value is -0.700. The second-order valence-corrected chi connectivity index (χ2v) is 3.57. The van der Waals surface area contributed by atoms with Crippen LogP contribution in [-0.4, -0.2) is 21.2 Å². The summed E-state index contributed by atoms with van der Waals surface area (Å²) < 4.78 is 6.13. The number of hydrogen-bond donors (Lipinski definition) is 0. The summed E-state index contributed by atoms with van der Waals surface area (Å²) >= 11 is 3.47. The van der Waals surface area contributed by atoms with Crippen LogP contribution in [0.25, 0.3) is 0 Å². The van der Waals surface area contributed by atoms with Gasteiger partial charge in [0, 0.05) is 18.6 Å². The zero-order valence-electron chi connectivity index (χ0n) is 7.47. The van der Waals surface area contributed by atoms with Gasteiger partial charge in [-0.25, -0.2) is 0 Å². The van der Waals surface area contributed by atoms with E-state index < -0.39 is 0 Å². The molecule has 0 aromatic heterocycles. The fraction of sp³-hybridized carbons (Fsp3) is 0.333. The molecule has 0 fully saturated rings. The summed E-state index contributed by atoms with van der Waals surface area (Å²) in [7, 11) is 5.68. The van der Waals surface area contributed by atoms with Crippen LogP contribution in [0.2, 0.25) is 0 Å². The Balaban J connectivity index is 3.03. The van der Waals surface area contributed by atoms with Gasteiger partial charge in [-0.1, -0.05) is 0 Å². The topological polar surface area (TPSA) is 12.5 Å². The molecular weight excluding hydrogens is 218 g/mol. The van der Waals surface area contributed by atoms with Crippen molar-refractivity contribution in [3.63, 3.8) is 0 Å². The predicted molar refractivity (Wildman–Crippen MR) is 55.0 cm³/mol. The Labute approximate surface area is 81.3 Å². The standard InChI is InChI=1S/C9H12BrNO/c1-11(2)9-5-4-7(12-3)6-8(9)10/h4-6H,1-3H3. The fourth-order valence-corrected chi connectivity index (χ4v) is 1.69. The van der Waals surface area contributed by atoms with Crippen LogP contribution < -0.4 is 9.64 Å². The van der Waals surface area contributed by atoms with E-state index >= 15 is 0 Å². The van der Waals surface area contributed by atoms with Gasteiger partial charge < -0.3 is 9.64 Å². The smallest absolute Gasteiger partial charge is 0.120 e. The summed E-state index contributed by atoms with van der Waals surface area (Å²) in [6.07, 6.45) is 0. The lowest BCUT2D eigenvalue weighted by Crippen LogP contribution is -2.08. The maximum absolute atomic E-state index is 5.08. The van der Waals surface area contributed by atoms with E-state index in [2.05, 4.69) is 15.9 Å². The van der Waals surface area contributed by atoms with Crippen LogP contribution in [0.4, 0.5) is 5.69 Å². The predicted octanol–water partition coefficient (Wildman–Crippen LogP) is 2.52. The van der Waals surface area contributed by atoms with E-state index in [0.29, 0.717) is 0 Å². The van der Waals surface area contributed by atoms with E-state index in [1.165, 1.54) is 0 Å². The quantitative estimate of drug-likeness (QED) is 0.773. The van der Waals surface area contributed by atoms with Gasteiger partial charge >= 0.3 is 0 Å². The van der Waals surface area contributed by atoms with E-state index in [1.54, 1.807) is 7.11 Å². The van der Waals surface area contributed by atoms with Crippen molar-refractivity contribution in [3.8, 4) is 5.75 Å². The van der Waals surface area contributed by atoms with Crippen molar-refractivity contribution in [1.29, 1.82) is 0 Å². The number of methoxy groups -OCH3 is 1. The molecule has 0 N–H and O–H groups in total. The molecule has 0 unspecified atom stereocenters. The minimum Gasteiger partial charge on any atom is -0.497 e. The average molecular weight is 230 g/mol. The first-order chi connectivity index (χ1) is 5.65. The average Bonchev–Trinajstić information content (AvgIpc) is 2.03. The zero-order chi connectivity index (χ0) is 9.14. The van der Waals surface area contributed by atoms with Crippen LogP contribution in [0.5, 0.6) is 5.75 Å². The molecule has 0 radical (unpaired) electrons. The number of hydrogen-bond acceptors (Lipinski definition) is 2. The number of anilines is 1. The normalized spacial score (nSPS) is 9.67. The van der Waals surface area contributed by atoms with Gasteiger partial charge in [0.05, 0.1) is 12.8 Å². The molecular formula is C9H12BrNO. The highest BCUT2D eigenvalue weighted by Crippen LogP contribution is 2.28. The molecule has 0 heterocycles. The van der Waals surface area contributed by atoms with Crippen LogP contribution >= 0.6 is 15.9 Å². The van der Waals surface area contributed by atoms with E-state index in [9.17, 15) is 0 Å². The minimum absolute atomic E-state index is 0.868. The van der Waals surface area contributed by atoms with Crippen LogP contribution in [-0.2, 0) is 0 Å². The molecule has 0 spiro atoms. The molecule has 0 aliphatic rings. The second kappa shape index (κ2) is 3.81.